The third kappa shape index (κ3) is 4.43. The molecule has 6 heteroatoms. The highest BCUT2D eigenvalue weighted by Crippen LogP contribution is 2.28. The van der Waals surface area contributed by atoms with Crippen molar-refractivity contribution in [1.82, 2.24) is 4.98 Å². The number of carbonyl (C=O) groups is 2. The Balaban J connectivity index is 1.57. The van der Waals surface area contributed by atoms with Gasteiger partial charge in [0.1, 0.15) is 12.4 Å². The molecule has 1 aromatic heterocycles. The lowest BCUT2D eigenvalue weighted by Gasteiger charge is -2.09. The minimum Gasteiger partial charge on any atom is -0.496 e. The van der Waals surface area contributed by atoms with Gasteiger partial charge in [-0.1, -0.05) is 36.4 Å². The Morgan fingerprint density at radius 2 is 1.71 bits per heavy atom. The van der Waals surface area contributed by atoms with Crippen LogP contribution in [-0.2, 0) is 17.8 Å². The van der Waals surface area contributed by atoms with Crippen molar-refractivity contribution < 1.29 is 24.2 Å². The number of nitrogens with one attached hydrogen (secondary N) is 1. The first-order valence-corrected chi connectivity index (χ1v) is 9.76. The highest BCUT2D eigenvalue weighted by Gasteiger charge is 2.14. The molecule has 0 fully saturated rings. The van der Waals surface area contributed by atoms with E-state index in [0.717, 1.165) is 27.6 Å². The van der Waals surface area contributed by atoms with Gasteiger partial charge in [0.25, 0.3) is 0 Å². The molecular weight excluding hydrogens is 394 g/mol. The number of carboxylic acids is 1. The van der Waals surface area contributed by atoms with Crippen LogP contribution in [-0.4, -0.2) is 29.1 Å². The smallest absolute Gasteiger partial charge is 0.338 e. The molecule has 0 radical (unpaired) electrons. The maximum absolute atomic E-state index is 12.5. The summed E-state index contributed by atoms with van der Waals surface area (Å²) in [7, 11) is 1.51. The molecule has 0 unspecified atom stereocenters. The SMILES string of the molecule is COc1cc(C(=O)O)ccc1Cc1c[nH]c2ccc(C(=O)OCc3ccccc3)cc12. The van der Waals surface area contributed by atoms with Gasteiger partial charge in [-0.15, -0.1) is 0 Å². The van der Waals surface area contributed by atoms with Gasteiger partial charge < -0.3 is 19.6 Å². The number of aromatic carboxylic acids is 1. The van der Waals surface area contributed by atoms with Crippen molar-refractivity contribution in [1.29, 1.82) is 0 Å². The molecule has 3 aromatic carbocycles. The summed E-state index contributed by atoms with van der Waals surface area (Å²) in [6.07, 6.45) is 2.40. The van der Waals surface area contributed by atoms with E-state index >= 15 is 0 Å². The molecule has 0 aliphatic heterocycles. The lowest BCUT2D eigenvalue weighted by molar-refractivity contribution is 0.0472. The Bertz CT molecular complexity index is 1240. The molecule has 0 saturated carbocycles. The summed E-state index contributed by atoms with van der Waals surface area (Å²) < 4.78 is 10.8. The van der Waals surface area contributed by atoms with E-state index in [1.807, 2.05) is 48.7 Å². The van der Waals surface area contributed by atoms with Crippen molar-refractivity contribution in [3.8, 4) is 5.75 Å². The fraction of sp³-hybridized carbons (Fsp3) is 0.120. The van der Waals surface area contributed by atoms with Gasteiger partial charge in [-0.25, -0.2) is 9.59 Å². The van der Waals surface area contributed by atoms with Crippen molar-refractivity contribution in [2.24, 2.45) is 0 Å². The Kier molecular flexibility index (Phi) is 5.71. The van der Waals surface area contributed by atoms with Crippen molar-refractivity contribution in [3.05, 3.63) is 101 Å². The average Bonchev–Trinajstić information content (AvgIpc) is 3.20. The zero-order valence-corrected chi connectivity index (χ0v) is 16.9. The second-order valence-corrected chi connectivity index (χ2v) is 7.14. The maximum atomic E-state index is 12.5. The van der Waals surface area contributed by atoms with E-state index in [9.17, 15) is 14.7 Å². The summed E-state index contributed by atoms with van der Waals surface area (Å²) >= 11 is 0. The van der Waals surface area contributed by atoms with Crippen LogP contribution in [0.4, 0.5) is 0 Å². The summed E-state index contributed by atoms with van der Waals surface area (Å²) in [5.41, 5.74) is 4.28. The minimum absolute atomic E-state index is 0.169. The van der Waals surface area contributed by atoms with Crippen LogP contribution < -0.4 is 4.74 Å². The van der Waals surface area contributed by atoms with E-state index in [1.165, 1.54) is 13.2 Å². The zero-order valence-electron chi connectivity index (χ0n) is 16.9. The zero-order chi connectivity index (χ0) is 21.8. The van der Waals surface area contributed by atoms with E-state index < -0.39 is 5.97 Å². The molecular formula is C25H21NO5. The van der Waals surface area contributed by atoms with Gasteiger partial charge in [-0.2, -0.15) is 0 Å². The van der Waals surface area contributed by atoms with Crippen molar-refractivity contribution in [2.75, 3.05) is 7.11 Å². The number of carboxylic acid groups (broad SMARTS) is 1. The van der Waals surface area contributed by atoms with Gasteiger partial charge in [0.05, 0.1) is 18.2 Å². The van der Waals surface area contributed by atoms with Gasteiger partial charge in [-0.05, 0) is 47.0 Å². The molecule has 31 heavy (non-hydrogen) atoms. The van der Waals surface area contributed by atoms with Crippen molar-refractivity contribution in [2.45, 2.75) is 13.0 Å². The quantitative estimate of drug-likeness (QED) is 0.423. The lowest BCUT2D eigenvalue weighted by Crippen LogP contribution is -2.05. The number of esters is 1. The fourth-order valence-corrected chi connectivity index (χ4v) is 3.49. The number of aromatic amines is 1. The van der Waals surface area contributed by atoms with Gasteiger partial charge >= 0.3 is 11.9 Å². The first-order valence-electron chi connectivity index (χ1n) is 9.76. The second-order valence-electron chi connectivity index (χ2n) is 7.14. The predicted molar refractivity (Wildman–Crippen MR) is 117 cm³/mol. The topological polar surface area (TPSA) is 88.6 Å². The number of ether oxygens (including phenoxy) is 2. The maximum Gasteiger partial charge on any atom is 0.338 e. The van der Waals surface area contributed by atoms with Crippen LogP contribution >= 0.6 is 0 Å². The number of benzene rings is 3. The van der Waals surface area contributed by atoms with Gasteiger partial charge in [0.15, 0.2) is 0 Å². The summed E-state index contributed by atoms with van der Waals surface area (Å²) in [5, 5.41) is 10.1. The Labute approximate surface area is 179 Å². The third-order valence-corrected chi connectivity index (χ3v) is 5.13. The van der Waals surface area contributed by atoms with Crippen LogP contribution in [0.1, 0.15) is 37.4 Å². The van der Waals surface area contributed by atoms with Gasteiger partial charge in [-0.3, -0.25) is 0 Å². The van der Waals surface area contributed by atoms with E-state index in [4.69, 9.17) is 9.47 Å². The average molecular weight is 415 g/mol. The molecule has 0 spiro atoms. The van der Waals surface area contributed by atoms with E-state index in [0.29, 0.717) is 17.7 Å². The number of H-pyrrole nitrogens is 1. The van der Waals surface area contributed by atoms with Gasteiger partial charge in [0, 0.05) is 23.5 Å². The van der Waals surface area contributed by atoms with Crippen LogP contribution in [0.2, 0.25) is 0 Å². The molecule has 0 aliphatic carbocycles. The van der Waals surface area contributed by atoms with Crippen LogP contribution in [0.25, 0.3) is 10.9 Å². The minimum atomic E-state index is -1.00. The molecule has 0 aliphatic rings. The predicted octanol–water partition coefficient (Wildman–Crippen LogP) is 4.82. The molecule has 2 N–H and O–H groups in total. The highest BCUT2D eigenvalue weighted by atomic mass is 16.5. The van der Waals surface area contributed by atoms with E-state index in [2.05, 4.69) is 4.98 Å². The molecule has 156 valence electrons. The van der Waals surface area contributed by atoms with E-state index in [-0.39, 0.29) is 18.1 Å². The Hall–Kier alpha value is -4.06. The Morgan fingerprint density at radius 1 is 0.935 bits per heavy atom. The standard InChI is InChI=1S/C25H21NO5/c1-30-23-13-18(24(27)28)8-7-17(23)11-20-14-26-22-10-9-19(12-21(20)22)25(29)31-15-16-5-3-2-4-6-16/h2-10,12-14,26H,11,15H2,1H3,(H,27,28). The molecule has 6 nitrogen and oxygen atoms in total. The van der Waals surface area contributed by atoms with Crippen LogP contribution in [0.3, 0.4) is 0 Å². The molecule has 0 atom stereocenters. The first-order chi connectivity index (χ1) is 15.0. The fourth-order valence-electron chi connectivity index (χ4n) is 3.49. The molecule has 0 saturated heterocycles. The van der Waals surface area contributed by atoms with Crippen molar-refractivity contribution in [3.63, 3.8) is 0 Å². The monoisotopic (exact) mass is 415 g/mol. The number of carbonyl (C=O) groups excluding carboxylic acids is 1. The normalized spacial score (nSPS) is 10.7. The van der Waals surface area contributed by atoms with E-state index in [1.54, 1.807) is 18.2 Å². The summed E-state index contributed by atoms with van der Waals surface area (Å²) in [6, 6.07) is 19.7. The summed E-state index contributed by atoms with van der Waals surface area (Å²) in [5.74, 6) is -0.885. The molecule has 4 aromatic rings. The molecule has 0 amide bonds. The number of fused-ring (bicyclic) bond motifs is 1. The number of methoxy groups -OCH3 is 1. The first kappa shape index (κ1) is 20.2. The molecule has 0 bridgehead atoms. The number of rotatable bonds is 7. The summed E-state index contributed by atoms with van der Waals surface area (Å²) in [6.45, 7) is 0.213. The number of aromatic nitrogens is 1. The second kappa shape index (κ2) is 8.75. The summed E-state index contributed by atoms with van der Waals surface area (Å²) in [4.78, 5) is 27.0. The van der Waals surface area contributed by atoms with Gasteiger partial charge in [0.2, 0.25) is 0 Å². The Morgan fingerprint density at radius 3 is 2.45 bits per heavy atom. The van der Waals surface area contributed by atoms with Crippen LogP contribution in [0.15, 0.2) is 72.9 Å². The lowest BCUT2D eigenvalue weighted by atomic mass is 10.0. The van der Waals surface area contributed by atoms with Crippen LogP contribution in [0.5, 0.6) is 5.75 Å². The highest BCUT2D eigenvalue weighted by molar-refractivity contribution is 5.96. The largest absolute Gasteiger partial charge is 0.496 e. The van der Waals surface area contributed by atoms with Crippen LogP contribution in [0, 0.1) is 0 Å². The molecule has 1 heterocycles. The number of hydrogen-bond donors (Lipinski definition) is 2. The molecule has 4 rings (SSSR count). The number of hydrogen-bond acceptors (Lipinski definition) is 4. The van der Waals surface area contributed by atoms with Crippen molar-refractivity contribution >= 4 is 22.8 Å². The third-order valence-electron chi connectivity index (χ3n) is 5.13.